The Bertz CT molecular complexity index is 1100. The van der Waals surface area contributed by atoms with Crippen LogP contribution in [0.25, 0.3) is 11.0 Å². The highest BCUT2D eigenvalue weighted by Gasteiger charge is 2.26. The molecule has 1 fully saturated rings. The highest BCUT2D eigenvalue weighted by molar-refractivity contribution is 6.31. The third-order valence-corrected chi connectivity index (χ3v) is 5.87. The van der Waals surface area contributed by atoms with Gasteiger partial charge < -0.3 is 19.5 Å². The Kier molecular flexibility index (Phi) is 6.29. The number of para-hydroxylation sites is 2. The molecule has 0 spiro atoms. The summed E-state index contributed by atoms with van der Waals surface area (Å²) in [6, 6.07) is 12.6. The van der Waals surface area contributed by atoms with Crippen LogP contribution in [0.3, 0.4) is 0 Å². The van der Waals surface area contributed by atoms with E-state index in [1.54, 1.807) is 12.1 Å². The first kappa shape index (κ1) is 22.4. The van der Waals surface area contributed by atoms with E-state index in [0.717, 1.165) is 42.9 Å². The fourth-order valence-electron chi connectivity index (χ4n) is 4.00. The Morgan fingerprint density at radius 3 is 2.59 bits per heavy atom. The van der Waals surface area contributed by atoms with Crippen LogP contribution in [0.4, 0.5) is 15.1 Å². The first-order chi connectivity index (χ1) is 15.2. The largest absolute Gasteiger partial charge is 0.444 e. The standard InChI is InChI=1S/C24H28ClFN4O2/c1-24(2,3)32-23(31)27-16-11-13-29(14-12-16)22-28-20-9-4-5-10-21(20)30(22)15-17-18(25)7-6-8-19(17)26/h4-10,16H,11-15H2,1-3H3,(H,27,31). The Balaban J connectivity index is 1.54. The van der Waals surface area contributed by atoms with Crippen LogP contribution in [-0.2, 0) is 11.3 Å². The molecule has 1 saturated heterocycles. The summed E-state index contributed by atoms with van der Waals surface area (Å²) >= 11 is 6.31. The van der Waals surface area contributed by atoms with Gasteiger partial charge in [-0.05, 0) is 57.9 Å². The molecule has 0 bridgehead atoms. The monoisotopic (exact) mass is 458 g/mol. The number of carbonyl (C=O) groups is 1. The van der Waals surface area contributed by atoms with Gasteiger partial charge in [-0.2, -0.15) is 0 Å². The zero-order valence-corrected chi connectivity index (χ0v) is 19.3. The van der Waals surface area contributed by atoms with E-state index in [0.29, 0.717) is 10.6 Å². The number of aromatic nitrogens is 2. The molecule has 0 aliphatic carbocycles. The molecule has 2 heterocycles. The summed E-state index contributed by atoms with van der Waals surface area (Å²) in [4.78, 5) is 19.1. The molecule has 8 heteroatoms. The van der Waals surface area contributed by atoms with E-state index >= 15 is 0 Å². The van der Waals surface area contributed by atoms with Crippen LogP contribution in [0.1, 0.15) is 39.2 Å². The van der Waals surface area contributed by atoms with Gasteiger partial charge in [-0.3, -0.25) is 0 Å². The quantitative estimate of drug-likeness (QED) is 0.571. The zero-order valence-electron chi connectivity index (χ0n) is 18.6. The number of halogens is 2. The van der Waals surface area contributed by atoms with Crippen molar-refractivity contribution in [3.05, 3.63) is 58.9 Å². The zero-order chi connectivity index (χ0) is 22.9. The van der Waals surface area contributed by atoms with Crippen LogP contribution >= 0.6 is 11.6 Å². The number of anilines is 1. The van der Waals surface area contributed by atoms with E-state index < -0.39 is 11.7 Å². The number of hydrogen-bond donors (Lipinski definition) is 1. The van der Waals surface area contributed by atoms with Crippen molar-refractivity contribution in [3.63, 3.8) is 0 Å². The van der Waals surface area contributed by atoms with Crippen molar-refractivity contribution < 1.29 is 13.9 Å². The molecule has 0 atom stereocenters. The number of imidazole rings is 1. The molecule has 32 heavy (non-hydrogen) atoms. The van der Waals surface area contributed by atoms with Gasteiger partial charge in [0, 0.05) is 29.7 Å². The molecule has 1 aliphatic rings. The van der Waals surface area contributed by atoms with Gasteiger partial charge in [-0.15, -0.1) is 0 Å². The molecule has 0 saturated carbocycles. The van der Waals surface area contributed by atoms with Crippen LogP contribution in [0, 0.1) is 5.82 Å². The molecule has 1 N–H and O–H groups in total. The molecular formula is C24H28ClFN4O2. The minimum absolute atomic E-state index is 0.0416. The van der Waals surface area contributed by atoms with E-state index in [1.807, 2.05) is 49.6 Å². The second-order valence-corrected chi connectivity index (χ2v) is 9.50. The van der Waals surface area contributed by atoms with E-state index in [9.17, 15) is 9.18 Å². The average molecular weight is 459 g/mol. The van der Waals surface area contributed by atoms with Crippen molar-refractivity contribution in [2.75, 3.05) is 18.0 Å². The molecule has 0 unspecified atom stereocenters. The van der Waals surface area contributed by atoms with Crippen molar-refractivity contribution in [3.8, 4) is 0 Å². The number of hydrogen-bond acceptors (Lipinski definition) is 4. The summed E-state index contributed by atoms with van der Waals surface area (Å²) in [5, 5.41) is 3.36. The van der Waals surface area contributed by atoms with E-state index in [1.165, 1.54) is 6.07 Å². The fraction of sp³-hybridized carbons (Fsp3) is 0.417. The summed E-state index contributed by atoms with van der Waals surface area (Å²) in [6.07, 6.45) is 1.14. The van der Waals surface area contributed by atoms with Gasteiger partial charge in [0.1, 0.15) is 11.4 Å². The highest BCUT2D eigenvalue weighted by atomic mass is 35.5. The van der Waals surface area contributed by atoms with Crippen molar-refractivity contribution in [2.45, 2.75) is 51.8 Å². The topological polar surface area (TPSA) is 59.4 Å². The molecular weight excluding hydrogens is 431 g/mol. The lowest BCUT2D eigenvalue weighted by Crippen LogP contribution is -2.46. The summed E-state index contributed by atoms with van der Waals surface area (Å²) in [5.74, 6) is 0.447. The molecule has 4 rings (SSSR count). The molecule has 2 aromatic carbocycles. The van der Waals surface area contributed by atoms with E-state index in [4.69, 9.17) is 21.3 Å². The Morgan fingerprint density at radius 2 is 1.91 bits per heavy atom. The predicted molar refractivity (Wildman–Crippen MR) is 125 cm³/mol. The predicted octanol–water partition coefficient (Wildman–Crippen LogP) is 5.37. The maximum Gasteiger partial charge on any atom is 0.407 e. The van der Waals surface area contributed by atoms with Crippen molar-refractivity contribution >= 4 is 34.7 Å². The first-order valence-electron chi connectivity index (χ1n) is 10.8. The van der Waals surface area contributed by atoms with Crippen LogP contribution in [-0.4, -0.2) is 40.4 Å². The van der Waals surface area contributed by atoms with Gasteiger partial charge in [0.25, 0.3) is 0 Å². The number of nitrogens with one attached hydrogen (secondary N) is 1. The fourth-order valence-corrected chi connectivity index (χ4v) is 4.22. The van der Waals surface area contributed by atoms with Gasteiger partial charge in [0.2, 0.25) is 5.95 Å². The van der Waals surface area contributed by atoms with Crippen LogP contribution in [0.15, 0.2) is 42.5 Å². The number of piperidine rings is 1. The number of rotatable bonds is 4. The smallest absolute Gasteiger partial charge is 0.407 e. The molecule has 1 aromatic heterocycles. The minimum Gasteiger partial charge on any atom is -0.444 e. The van der Waals surface area contributed by atoms with Crippen molar-refractivity contribution in [1.82, 2.24) is 14.9 Å². The molecule has 0 radical (unpaired) electrons. The maximum atomic E-state index is 14.5. The molecule has 170 valence electrons. The van der Waals surface area contributed by atoms with Gasteiger partial charge >= 0.3 is 6.09 Å². The van der Waals surface area contributed by atoms with Gasteiger partial charge in [0.15, 0.2) is 0 Å². The lowest BCUT2D eigenvalue weighted by Gasteiger charge is -2.33. The van der Waals surface area contributed by atoms with Crippen LogP contribution < -0.4 is 10.2 Å². The Morgan fingerprint density at radius 1 is 1.19 bits per heavy atom. The molecule has 6 nitrogen and oxygen atoms in total. The van der Waals surface area contributed by atoms with E-state index in [-0.39, 0.29) is 18.4 Å². The Labute approximate surface area is 192 Å². The number of nitrogens with zero attached hydrogens (tertiary/aromatic N) is 3. The molecule has 3 aromatic rings. The Hall–Kier alpha value is -2.80. The maximum absolute atomic E-state index is 14.5. The van der Waals surface area contributed by atoms with Crippen molar-refractivity contribution in [1.29, 1.82) is 0 Å². The summed E-state index contributed by atoms with van der Waals surface area (Å²) in [6.45, 7) is 7.27. The van der Waals surface area contributed by atoms with Gasteiger partial charge in [-0.1, -0.05) is 29.8 Å². The summed E-state index contributed by atoms with van der Waals surface area (Å²) in [7, 11) is 0. The summed E-state index contributed by atoms with van der Waals surface area (Å²) in [5.41, 5.74) is 1.70. The van der Waals surface area contributed by atoms with Gasteiger partial charge in [0.05, 0.1) is 17.6 Å². The minimum atomic E-state index is -0.524. The SMILES string of the molecule is CC(C)(C)OC(=O)NC1CCN(c2nc3ccccc3n2Cc2c(F)cccc2Cl)CC1. The third kappa shape index (κ3) is 4.99. The number of ether oxygens (including phenoxy) is 1. The lowest BCUT2D eigenvalue weighted by atomic mass is 10.1. The number of fused-ring (bicyclic) bond motifs is 1. The van der Waals surface area contributed by atoms with Crippen LogP contribution in [0.5, 0.6) is 0 Å². The summed E-state index contributed by atoms with van der Waals surface area (Å²) < 4.78 is 21.9. The normalized spacial score (nSPS) is 15.2. The number of amides is 1. The first-order valence-corrected chi connectivity index (χ1v) is 11.2. The third-order valence-electron chi connectivity index (χ3n) is 5.51. The second kappa shape index (κ2) is 8.98. The average Bonchev–Trinajstić information content (AvgIpc) is 3.08. The van der Waals surface area contributed by atoms with Crippen LogP contribution in [0.2, 0.25) is 5.02 Å². The van der Waals surface area contributed by atoms with Crippen molar-refractivity contribution in [2.24, 2.45) is 0 Å². The molecule has 1 aliphatic heterocycles. The van der Waals surface area contributed by atoms with E-state index in [2.05, 4.69) is 10.2 Å². The highest BCUT2D eigenvalue weighted by Crippen LogP contribution is 2.29. The second-order valence-electron chi connectivity index (χ2n) is 9.09. The lowest BCUT2D eigenvalue weighted by molar-refractivity contribution is 0.0497. The molecule has 1 amide bonds. The number of benzene rings is 2. The number of carbonyl (C=O) groups excluding carboxylic acids is 1. The number of alkyl carbamates (subject to hydrolysis) is 1. The van der Waals surface area contributed by atoms with Gasteiger partial charge in [-0.25, -0.2) is 14.2 Å².